The zero-order chi connectivity index (χ0) is 20.1. The van der Waals surface area contributed by atoms with Gasteiger partial charge in [0.15, 0.2) is 18.4 Å². The molecule has 0 amide bonds. The minimum absolute atomic E-state index is 0.185. The van der Waals surface area contributed by atoms with E-state index in [1.807, 2.05) is 0 Å². The molecule has 0 aromatic heterocycles. The average Bonchev–Trinajstić information content (AvgIpc) is 2.89. The van der Waals surface area contributed by atoms with Crippen molar-refractivity contribution in [3.05, 3.63) is 24.0 Å². The Morgan fingerprint density at radius 3 is 2.41 bits per heavy atom. The number of carbonyl (C=O) groups excluding carboxylic acids is 3. The van der Waals surface area contributed by atoms with E-state index in [4.69, 9.17) is 24.7 Å². The molecule has 10 nitrogen and oxygen atoms in total. The molecule has 2 heterocycles. The predicted octanol–water partition coefficient (Wildman–Crippen LogP) is -0.482. The zero-order valence-electron chi connectivity index (χ0n) is 15.4. The quantitative estimate of drug-likeness (QED) is 0.351. The Bertz CT molecular complexity index is 645. The van der Waals surface area contributed by atoms with Crippen LogP contribution in [0.5, 0.6) is 0 Å². The first-order chi connectivity index (χ1) is 12.7. The Morgan fingerprint density at radius 2 is 1.85 bits per heavy atom. The van der Waals surface area contributed by atoms with Crippen LogP contribution in [0.2, 0.25) is 0 Å². The molecule has 1 fully saturated rings. The summed E-state index contributed by atoms with van der Waals surface area (Å²) in [4.78, 5) is 35.8. The van der Waals surface area contributed by atoms with Crippen LogP contribution < -0.4 is 5.73 Å². The second-order valence-electron chi connectivity index (χ2n) is 6.20. The maximum atomic E-state index is 11.6. The van der Waals surface area contributed by atoms with E-state index in [0.29, 0.717) is 12.0 Å². The van der Waals surface area contributed by atoms with Gasteiger partial charge in [-0.2, -0.15) is 0 Å². The van der Waals surface area contributed by atoms with Gasteiger partial charge in [0.1, 0.15) is 18.9 Å². The second kappa shape index (κ2) is 8.98. The van der Waals surface area contributed by atoms with E-state index in [-0.39, 0.29) is 6.61 Å². The number of hydrogen-bond donors (Lipinski definition) is 2. The van der Waals surface area contributed by atoms with Gasteiger partial charge in [-0.05, 0) is 12.0 Å². The summed E-state index contributed by atoms with van der Waals surface area (Å²) in [6, 6.07) is 0. The Balaban J connectivity index is 2.31. The molecule has 0 aromatic rings. The third kappa shape index (κ3) is 5.52. The molecule has 5 atom stereocenters. The molecule has 2 aliphatic rings. The van der Waals surface area contributed by atoms with E-state index in [1.165, 1.54) is 20.8 Å². The van der Waals surface area contributed by atoms with Crippen LogP contribution in [0.25, 0.3) is 0 Å². The van der Waals surface area contributed by atoms with Crippen LogP contribution in [0.4, 0.5) is 0 Å². The first kappa shape index (κ1) is 20.9. The number of ether oxygens (including phenoxy) is 4. The number of aliphatic hydroxyl groups excluding tert-OH is 1. The van der Waals surface area contributed by atoms with Crippen molar-refractivity contribution in [3.63, 3.8) is 0 Å². The molecule has 0 aromatic carbocycles. The maximum absolute atomic E-state index is 11.6. The lowest BCUT2D eigenvalue weighted by Gasteiger charge is -2.31. The Hall–Kier alpha value is -2.43. The van der Waals surface area contributed by atoms with E-state index < -0.39 is 48.7 Å². The average molecular weight is 384 g/mol. The van der Waals surface area contributed by atoms with Crippen molar-refractivity contribution in [1.82, 2.24) is 4.90 Å². The second-order valence-corrected chi connectivity index (χ2v) is 6.20. The molecule has 10 heteroatoms. The minimum Gasteiger partial charge on any atom is -0.463 e. The predicted molar refractivity (Wildman–Crippen MR) is 90.3 cm³/mol. The standard InChI is InChI=1S/C17H24N2O8/c1-9(20)24-8-13-14(25-10(2)21)15(26-11(3)22)17(27-13)19-6-4-5-12(7-19)16(18)23/h4,6-7,13-17,23H,5,8,18H2,1-3H3/t13-,14-,15-,16?,17-/m1/s1. The summed E-state index contributed by atoms with van der Waals surface area (Å²) in [7, 11) is 0. The molecule has 150 valence electrons. The van der Waals surface area contributed by atoms with Crippen LogP contribution in [-0.4, -0.2) is 65.3 Å². The monoisotopic (exact) mass is 384 g/mol. The fraction of sp³-hybridized carbons (Fsp3) is 0.588. The summed E-state index contributed by atoms with van der Waals surface area (Å²) in [5.41, 5.74) is 6.04. The summed E-state index contributed by atoms with van der Waals surface area (Å²) in [5.74, 6) is -1.72. The Kier molecular flexibility index (Phi) is 6.94. The van der Waals surface area contributed by atoms with Gasteiger partial charge in [0.2, 0.25) is 0 Å². The van der Waals surface area contributed by atoms with Crippen LogP contribution in [0, 0.1) is 0 Å². The lowest BCUT2D eigenvalue weighted by Crippen LogP contribution is -2.45. The van der Waals surface area contributed by atoms with Gasteiger partial charge in [-0.25, -0.2) is 0 Å². The SMILES string of the molecule is CC(=O)OC[C@H]1O[C@@H](N2C=CCC(C(N)O)=C2)[C@H](OC(C)=O)[C@@H]1OC(C)=O. The van der Waals surface area contributed by atoms with Gasteiger partial charge in [-0.1, -0.05) is 6.08 Å². The fourth-order valence-electron chi connectivity index (χ4n) is 2.89. The lowest BCUT2D eigenvalue weighted by molar-refractivity contribution is -0.166. The molecule has 2 rings (SSSR count). The van der Waals surface area contributed by atoms with Gasteiger partial charge in [0.05, 0.1) is 0 Å². The van der Waals surface area contributed by atoms with Crippen molar-refractivity contribution in [2.24, 2.45) is 5.73 Å². The molecule has 1 saturated heterocycles. The fourth-order valence-corrected chi connectivity index (χ4v) is 2.89. The summed E-state index contributed by atoms with van der Waals surface area (Å²) in [6.07, 6.45) is 0.603. The van der Waals surface area contributed by atoms with Crippen molar-refractivity contribution in [3.8, 4) is 0 Å². The van der Waals surface area contributed by atoms with Crippen LogP contribution in [-0.2, 0) is 33.3 Å². The van der Waals surface area contributed by atoms with Crippen molar-refractivity contribution >= 4 is 17.9 Å². The van der Waals surface area contributed by atoms with Crippen molar-refractivity contribution in [2.45, 2.75) is 58.0 Å². The largest absolute Gasteiger partial charge is 0.463 e. The highest BCUT2D eigenvalue weighted by molar-refractivity contribution is 5.68. The van der Waals surface area contributed by atoms with Crippen molar-refractivity contribution in [2.75, 3.05) is 6.61 Å². The lowest BCUT2D eigenvalue weighted by atomic mass is 10.1. The van der Waals surface area contributed by atoms with E-state index in [1.54, 1.807) is 23.4 Å². The normalized spacial score (nSPS) is 28.3. The minimum atomic E-state index is -1.16. The zero-order valence-corrected chi connectivity index (χ0v) is 15.4. The van der Waals surface area contributed by atoms with Crippen LogP contribution in [0.3, 0.4) is 0 Å². The van der Waals surface area contributed by atoms with Gasteiger partial charge in [0, 0.05) is 33.2 Å². The number of esters is 3. The van der Waals surface area contributed by atoms with Gasteiger partial charge in [-0.15, -0.1) is 0 Å². The molecule has 1 unspecified atom stereocenters. The smallest absolute Gasteiger partial charge is 0.303 e. The molecule has 0 saturated carbocycles. The molecular weight excluding hydrogens is 360 g/mol. The highest BCUT2D eigenvalue weighted by Gasteiger charge is 2.51. The Labute approximate surface area is 156 Å². The van der Waals surface area contributed by atoms with Crippen LogP contribution in [0.15, 0.2) is 24.0 Å². The van der Waals surface area contributed by atoms with Crippen molar-refractivity contribution in [1.29, 1.82) is 0 Å². The topological polar surface area (TPSA) is 138 Å². The van der Waals surface area contributed by atoms with E-state index >= 15 is 0 Å². The van der Waals surface area contributed by atoms with Crippen molar-refractivity contribution < 1.29 is 38.4 Å². The van der Waals surface area contributed by atoms with E-state index in [9.17, 15) is 19.5 Å². The maximum Gasteiger partial charge on any atom is 0.303 e. The third-order valence-electron chi connectivity index (χ3n) is 3.96. The van der Waals surface area contributed by atoms with Crippen LogP contribution in [0.1, 0.15) is 27.2 Å². The number of rotatable bonds is 6. The number of nitrogens with two attached hydrogens (primary N) is 1. The Morgan fingerprint density at radius 1 is 1.22 bits per heavy atom. The number of aliphatic hydroxyl groups is 1. The summed E-state index contributed by atoms with van der Waals surface area (Å²) >= 11 is 0. The number of hydrogen-bond acceptors (Lipinski definition) is 10. The van der Waals surface area contributed by atoms with Gasteiger partial charge in [-0.3, -0.25) is 14.4 Å². The molecule has 0 radical (unpaired) electrons. The molecule has 0 bridgehead atoms. The highest BCUT2D eigenvalue weighted by Crippen LogP contribution is 2.32. The van der Waals surface area contributed by atoms with Gasteiger partial charge < -0.3 is 34.7 Å². The first-order valence-corrected chi connectivity index (χ1v) is 8.40. The molecular formula is C17H24N2O8. The molecule has 0 spiro atoms. The highest BCUT2D eigenvalue weighted by atomic mass is 16.7. The van der Waals surface area contributed by atoms with Gasteiger partial charge >= 0.3 is 17.9 Å². The summed E-state index contributed by atoms with van der Waals surface area (Å²) in [5, 5.41) is 9.61. The van der Waals surface area contributed by atoms with Crippen LogP contribution >= 0.6 is 0 Å². The first-order valence-electron chi connectivity index (χ1n) is 8.40. The molecule has 0 aliphatic carbocycles. The summed E-state index contributed by atoms with van der Waals surface area (Å²) < 4.78 is 21.5. The number of allylic oxidation sites excluding steroid dienone is 1. The molecule has 2 aliphatic heterocycles. The third-order valence-corrected chi connectivity index (χ3v) is 3.96. The summed E-state index contributed by atoms with van der Waals surface area (Å²) in [6.45, 7) is 3.49. The van der Waals surface area contributed by atoms with E-state index in [0.717, 1.165) is 0 Å². The number of carbonyl (C=O) groups is 3. The molecule has 27 heavy (non-hydrogen) atoms. The molecule has 3 N–H and O–H groups in total. The van der Waals surface area contributed by atoms with E-state index in [2.05, 4.69) is 0 Å². The number of nitrogens with zero attached hydrogens (tertiary/aromatic N) is 1. The van der Waals surface area contributed by atoms with Gasteiger partial charge in [0.25, 0.3) is 0 Å².